The number of carbonyl (C=O) groups excluding carboxylic acids is 2. The van der Waals surface area contributed by atoms with Crippen LogP contribution in [0.25, 0.3) is 0 Å². The van der Waals surface area contributed by atoms with Crippen LogP contribution in [0.2, 0.25) is 0 Å². The fraction of sp³-hybridized carbons (Fsp3) is 0.333. The van der Waals surface area contributed by atoms with E-state index in [0.29, 0.717) is 11.3 Å². The summed E-state index contributed by atoms with van der Waals surface area (Å²) in [7, 11) is 3.32. The maximum atomic E-state index is 11.9. The molecule has 18 heavy (non-hydrogen) atoms. The van der Waals surface area contributed by atoms with E-state index < -0.39 is 6.04 Å². The number of benzene rings is 1. The molecular weight excluding hydrogens is 254 g/mol. The van der Waals surface area contributed by atoms with Crippen LogP contribution in [0.3, 0.4) is 0 Å². The maximum Gasteiger partial charge on any atom is 0.255 e. The first kappa shape index (κ1) is 16.4. The van der Waals surface area contributed by atoms with Crippen molar-refractivity contribution in [3.05, 3.63) is 29.8 Å². The van der Waals surface area contributed by atoms with Gasteiger partial charge in [-0.25, -0.2) is 0 Å². The van der Waals surface area contributed by atoms with Gasteiger partial charge < -0.3 is 16.0 Å². The number of nitrogens with two attached hydrogens (primary N) is 1. The van der Waals surface area contributed by atoms with Crippen LogP contribution in [-0.4, -0.2) is 36.9 Å². The van der Waals surface area contributed by atoms with Gasteiger partial charge in [-0.3, -0.25) is 9.59 Å². The van der Waals surface area contributed by atoms with Crippen LogP contribution >= 0.6 is 12.4 Å². The standard InChI is InChI=1S/C12H17N3O2.ClH/c1-8(13)11(16)14-10-7-5-4-6-9(10)12(17)15(2)3;/h4-8H,13H2,1-3H3,(H,14,16);1H/t8-;/m0./s1. The van der Waals surface area contributed by atoms with Crippen LogP contribution in [0.5, 0.6) is 0 Å². The number of amides is 2. The van der Waals surface area contributed by atoms with Gasteiger partial charge in [0, 0.05) is 14.1 Å². The summed E-state index contributed by atoms with van der Waals surface area (Å²) < 4.78 is 0. The second-order valence-corrected chi connectivity index (χ2v) is 4.02. The smallest absolute Gasteiger partial charge is 0.255 e. The van der Waals surface area contributed by atoms with Crippen LogP contribution in [0.1, 0.15) is 17.3 Å². The van der Waals surface area contributed by atoms with Gasteiger partial charge in [0.25, 0.3) is 5.91 Å². The molecule has 0 saturated carbocycles. The monoisotopic (exact) mass is 271 g/mol. The van der Waals surface area contributed by atoms with Gasteiger partial charge in [0.1, 0.15) is 0 Å². The van der Waals surface area contributed by atoms with Crippen molar-refractivity contribution >= 4 is 29.9 Å². The van der Waals surface area contributed by atoms with Crippen LogP contribution in [0.15, 0.2) is 24.3 Å². The van der Waals surface area contributed by atoms with Gasteiger partial charge in [-0.05, 0) is 19.1 Å². The molecule has 0 fully saturated rings. The number of halogens is 1. The van der Waals surface area contributed by atoms with Crippen LogP contribution < -0.4 is 11.1 Å². The Balaban J connectivity index is 0.00000289. The van der Waals surface area contributed by atoms with E-state index in [1.165, 1.54) is 4.90 Å². The number of hydrogen-bond acceptors (Lipinski definition) is 3. The van der Waals surface area contributed by atoms with Crippen LogP contribution in [0.4, 0.5) is 5.69 Å². The molecule has 1 rings (SSSR count). The minimum Gasteiger partial charge on any atom is -0.345 e. The molecular formula is C12H18ClN3O2. The lowest BCUT2D eigenvalue weighted by Crippen LogP contribution is -2.33. The fourth-order valence-corrected chi connectivity index (χ4v) is 1.27. The Bertz CT molecular complexity index is 433. The average Bonchev–Trinajstić information content (AvgIpc) is 2.28. The second kappa shape index (κ2) is 6.98. The van der Waals surface area contributed by atoms with E-state index in [0.717, 1.165) is 0 Å². The summed E-state index contributed by atoms with van der Waals surface area (Å²) in [6, 6.07) is 6.23. The number of nitrogens with zero attached hydrogens (tertiary/aromatic N) is 1. The molecule has 1 atom stereocenters. The van der Waals surface area contributed by atoms with Gasteiger partial charge in [0.05, 0.1) is 17.3 Å². The molecule has 6 heteroatoms. The zero-order chi connectivity index (χ0) is 13.0. The molecule has 0 unspecified atom stereocenters. The van der Waals surface area contributed by atoms with E-state index in [1.54, 1.807) is 45.3 Å². The van der Waals surface area contributed by atoms with Gasteiger partial charge in [0.2, 0.25) is 5.91 Å². The largest absolute Gasteiger partial charge is 0.345 e. The summed E-state index contributed by atoms with van der Waals surface area (Å²) in [6.45, 7) is 1.59. The van der Waals surface area contributed by atoms with Crippen molar-refractivity contribution in [1.29, 1.82) is 0 Å². The highest BCUT2D eigenvalue weighted by Gasteiger charge is 2.15. The molecule has 2 amide bonds. The van der Waals surface area contributed by atoms with Gasteiger partial charge in [0.15, 0.2) is 0 Å². The Hall–Kier alpha value is -1.59. The molecule has 0 spiro atoms. The topological polar surface area (TPSA) is 75.4 Å². The lowest BCUT2D eigenvalue weighted by atomic mass is 10.1. The molecule has 0 radical (unpaired) electrons. The van der Waals surface area contributed by atoms with Crippen molar-refractivity contribution in [3.8, 4) is 0 Å². The number of nitrogens with one attached hydrogen (secondary N) is 1. The molecule has 1 aromatic rings. The van der Waals surface area contributed by atoms with Gasteiger partial charge in [-0.2, -0.15) is 0 Å². The first-order valence-electron chi connectivity index (χ1n) is 5.30. The Morgan fingerprint density at radius 3 is 2.33 bits per heavy atom. The van der Waals surface area contributed by atoms with Crippen molar-refractivity contribution < 1.29 is 9.59 Å². The van der Waals surface area contributed by atoms with Crippen LogP contribution in [0, 0.1) is 0 Å². The second-order valence-electron chi connectivity index (χ2n) is 4.02. The summed E-state index contributed by atoms with van der Waals surface area (Å²) >= 11 is 0. The molecule has 3 N–H and O–H groups in total. The summed E-state index contributed by atoms with van der Waals surface area (Å²) in [4.78, 5) is 24.8. The van der Waals surface area contributed by atoms with E-state index in [1.807, 2.05) is 0 Å². The Morgan fingerprint density at radius 1 is 1.28 bits per heavy atom. The SMILES string of the molecule is C[C@H](N)C(=O)Nc1ccccc1C(=O)N(C)C.Cl. The van der Waals surface area contributed by atoms with Crippen molar-refractivity contribution in [3.63, 3.8) is 0 Å². The third kappa shape index (κ3) is 4.01. The van der Waals surface area contributed by atoms with Gasteiger partial charge >= 0.3 is 0 Å². The van der Waals surface area contributed by atoms with E-state index in [2.05, 4.69) is 5.32 Å². The molecule has 1 aromatic carbocycles. The predicted molar refractivity (Wildman–Crippen MR) is 74.0 cm³/mol. The number of anilines is 1. The third-order valence-corrected chi connectivity index (χ3v) is 2.24. The minimum atomic E-state index is -0.613. The van der Waals surface area contributed by atoms with Crippen LogP contribution in [-0.2, 0) is 4.79 Å². The van der Waals surface area contributed by atoms with E-state index >= 15 is 0 Å². The van der Waals surface area contributed by atoms with E-state index in [4.69, 9.17) is 5.73 Å². The highest BCUT2D eigenvalue weighted by atomic mass is 35.5. The zero-order valence-electron chi connectivity index (χ0n) is 10.6. The van der Waals surface area contributed by atoms with Gasteiger partial charge in [-0.15, -0.1) is 12.4 Å². The molecule has 0 heterocycles. The van der Waals surface area contributed by atoms with Crippen molar-refractivity contribution in [2.75, 3.05) is 19.4 Å². The summed E-state index contributed by atoms with van der Waals surface area (Å²) in [5, 5.41) is 2.63. The molecule has 0 aliphatic carbocycles. The minimum absolute atomic E-state index is 0. The zero-order valence-corrected chi connectivity index (χ0v) is 11.5. The quantitative estimate of drug-likeness (QED) is 0.864. The number of carbonyl (C=O) groups is 2. The predicted octanol–water partition coefficient (Wildman–Crippen LogP) is 1.10. The molecule has 0 aliphatic rings. The van der Waals surface area contributed by atoms with Crippen molar-refractivity contribution in [2.45, 2.75) is 13.0 Å². The first-order chi connectivity index (χ1) is 7.93. The Kier molecular flexibility index (Phi) is 6.36. The first-order valence-corrected chi connectivity index (χ1v) is 5.30. The highest BCUT2D eigenvalue weighted by molar-refractivity contribution is 6.04. The lowest BCUT2D eigenvalue weighted by Gasteiger charge is -2.15. The summed E-state index contributed by atoms with van der Waals surface area (Å²) in [5.74, 6) is -0.477. The molecule has 0 aromatic heterocycles. The highest BCUT2D eigenvalue weighted by Crippen LogP contribution is 2.16. The normalized spacial score (nSPS) is 11.1. The third-order valence-electron chi connectivity index (χ3n) is 2.24. The lowest BCUT2D eigenvalue weighted by molar-refractivity contribution is -0.117. The van der Waals surface area contributed by atoms with E-state index in [9.17, 15) is 9.59 Å². The van der Waals surface area contributed by atoms with E-state index in [-0.39, 0.29) is 24.2 Å². The maximum absolute atomic E-state index is 11.9. The van der Waals surface area contributed by atoms with Crippen molar-refractivity contribution in [1.82, 2.24) is 4.90 Å². The number of hydrogen-bond donors (Lipinski definition) is 2. The molecule has 0 bridgehead atoms. The molecule has 0 saturated heterocycles. The average molecular weight is 272 g/mol. The number of rotatable bonds is 3. The number of para-hydroxylation sites is 1. The summed E-state index contributed by atoms with van der Waals surface area (Å²) in [6.07, 6.45) is 0. The molecule has 0 aliphatic heterocycles. The summed E-state index contributed by atoms with van der Waals surface area (Å²) in [5.41, 5.74) is 6.39. The van der Waals surface area contributed by atoms with Crippen molar-refractivity contribution in [2.24, 2.45) is 5.73 Å². The Morgan fingerprint density at radius 2 is 1.83 bits per heavy atom. The Labute approximate surface area is 113 Å². The molecule has 100 valence electrons. The van der Waals surface area contributed by atoms with Gasteiger partial charge in [-0.1, -0.05) is 12.1 Å². The fourth-order valence-electron chi connectivity index (χ4n) is 1.27. The molecule has 5 nitrogen and oxygen atoms in total.